The van der Waals surface area contributed by atoms with Crippen LogP contribution in [0.4, 0.5) is 0 Å². The molecule has 0 spiro atoms. The summed E-state index contributed by atoms with van der Waals surface area (Å²) in [5, 5.41) is 10.8. The summed E-state index contributed by atoms with van der Waals surface area (Å²) < 4.78 is 15.1. The van der Waals surface area contributed by atoms with E-state index in [2.05, 4.69) is 72.8 Å². The molecule has 2 atom stereocenters. The van der Waals surface area contributed by atoms with Gasteiger partial charge >= 0.3 is 0 Å². The summed E-state index contributed by atoms with van der Waals surface area (Å²) in [5.41, 5.74) is 3.66. The van der Waals surface area contributed by atoms with Gasteiger partial charge in [-0.15, -0.1) is 0 Å². The fourth-order valence-electron chi connectivity index (χ4n) is 4.48. The average molecular weight is 467 g/mol. The molecule has 2 unspecified atom stereocenters. The van der Waals surface area contributed by atoms with Crippen LogP contribution in [0.15, 0.2) is 115 Å². The molecule has 0 saturated carbocycles. The van der Waals surface area contributed by atoms with Gasteiger partial charge in [0, 0.05) is 5.56 Å². The summed E-state index contributed by atoms with van der Waals surface area (Å²) in [7, 11) is 0. The Labute approximate surface area is 206 Å². The van der Waals surface area contributed by atoms with E-state index in [4.69, 9.17) is 14.2 Å². The van der Waals surface area contributed by atoms with Gasteiger partial charge in [0.1, 0.15) is 18.0 Å². The van der Waals surface area contributed by atoms with E-state index in [0.717, 1.165) is 48.7 Å². The van der Waals surface area contributed by atoms with E-state index in [0.29, 0.717) is 18.0 Å². The lowest BCUT2D eigenvalue weighted by Gasteiger charge is -2.37. The van der Waals surface area contributed by atoms with Gasteiger partial charge in [0.05, 0.1) is 31.8 Å². The maximum atomic E-state index is 10.8. The molecule has 4 aromatic rings. The lowest BCUT2D eigenvalue weighted by atomic mass is 9.65. The smallest absolute Gasteiger partial charge is 0.120 e. The second-order valence-electron chi connectivity index (χ2n) is 8.81. The number of hydrogen-bond donors (Lipinski definition) is 1. The fourth-order valence-corrected chi connectivity index (χ4v) is 4.48. The monoisotopic (exact) mass is 466 g/mol. The molecule has 0 bridgehead atoms. The van der Waals surface area contributed by atoms with Crippen LogP contribution >= 0.6 is 0 Å². The Balaban J connectivity index is 0.000000234. The second-order valence-corrected chi connectivity index (χ2v) is 8.81. The van der Waals surface area contributed by atoms with Gasteiger partial charge in [0.25, 0.3) is 0 Å². The van der Waals surface area contributed by atoms with Crippen LogP contribution in [0.1, 0.15) is 22.3 Å². The summed E-state index contributed by atoms with van der Waals surface area (Å²) in [6.07, 6.45) is 0.785. The molecule has 35 heavy (non-hydrogen) atoms. The highest BCUT2D eigenvalue weighted by Gasteiger charge is 2.39. The number of epoxide rings is 2. The predicted octanol–water partition coefficient (Wildman–Crippen LogP) is 5.58. The number of ether oxygens (including phenoxy) is 3. The van der Waals surface area contributed by atoms with Gasteiger partial charge in [-0.3, -0.25) is 0 Å². The molecule has 2 aliphatic rings. The van der Waals surface area contributed by atoms with Crippen molar-refractivity contribution < 1.29 is 19.3 Å². The number of benzene rings is 4. The number of rotatable bonds is 8. The van der Waals surface area contributed by atoms with Crippen molar-refractivity contribution in [3.05, 3.63) is 138 Å². The number of phenolic OH excluding ortho intramolecular Hbond substituents is 1. The minimum absolute atomic E-state index is 0.295. The highest BCUT2D eigenvalue weighted by Crippen LogP contribution is 2.47. The Bertz CT molecular complexity index is 1080. The highest BCUT2D eigenvalue weighted by atomic mass is 16.6. The second kappa shape index (κ2) is 10.9. The van der Waals surface area contributed by atoms with E-state index in [1.807, 2.05) is 36.4 Å². The Hall–Kier alpha value is -3.44. The average Bonchev–Trinajstić information content (AvgIpc) is 3.85. The minimum Gasteiger partial charge on any atom is -0.508 e. The van der Waals surface area contributed by atoms with E-state index >= 15 is 0 Å². The zero-order valence-electron chi connectivity index (χ0n) is 19.6. The lowest BCUT2D eigenvalue weighted by molar-refractivity contribution is 0.102. The van der Waals surface area contributed by atoms with Gasteiger partial charge in [-0.1, -0.05) is 109 Å². The molecule has 0 aliphatic carbocycles. The van der Waals surface area contributed by atoms with Crippen LogP contribution < -0.4 is 0 Å². The zero-order valence-corrected chi connectivity index (χ0v) is 19.6. The normalized spacial score (nSPS) is 18.3. The van der Waals surface area contributed by atoms with Crippen LogP contribution in [-0.4, -0.2) is 43.7 Å². The third kappa shape index (κ3) is 5.46. The molecule has 0 aromatic heterocycles. The van der Waals surface area contributed by atoms with Gasteiger partial charge in [0.15, 0.2) is 0 Å². The molecule has 178 valence electrons. The van der Waals surface area contributed by atoms with Gasteiger partial charge in [-0.2, -0.15) is 0 Å². The fraction of sp³-hybridized carbons (Fsp3) is 0.226. The first kappa shape index (κ1) is 23.3. The van der Waals surface area contributed by atoms with E-state index in [9.17, 15) is 5.11 Å². The molecular formula is C31H30O4. The molecule has 0 radical (unpaired) electrons. The Morgan fingerprint density at radius 1 is 0.600 bits per heavy atom. The third-order valence-electron chi connectivity index (χ3n) is 6.34. The number of aromatic hydroxyl groups is 1. The molecule has 4 aromatic carbocycles. The highest BCUT2D eigenvalue weighted by molar-refractivity contribution is 5.62. The van der Waals surface area contributed by atoms with Crippen molar-refractivity contribution in [2.45, 2.75) is 17.6 Å². The molecular weight excluding hydrogens is 436 g/mol. The topological polar surface area (TPSA) is 54.5 Å². The largest absolute Gasteiger partial charge is 0.508 e. The van der Waals surface area contributed by atoms with Crippen LogP contribution in [0.3, 0.4) is 0 Å². The number of para-hydroxylation sites is 1. The van der Waals surface area contributed by atoms with E-state index < -0.39 is 5.41 Å². The van der Waals surface area contributed by atoms with Crippen molar-refractivity contribution in [3.8, 4) is 5.75 Å². The quantitative estimate of drug-likeness (QED) is 0.272. The van der Waals surface area contributed by atoms with E-state index in [-0.39, 0.29) is 0 Å². The van der Waals surface area contributed by atoms with Gasteiger partial charge < -0.3 is 19.3 Å². The first-order valence-electron chi connectivity index (χ1n) is 12.0. The van der Waals surface area contributed by atoms with Crippen molar-refractivity contribution in [1.29, 1.82) is 0 Å². The molecule has 4 nitrogen and oxygen atoms in total. The summed E-state index contributed by atoms with van der Waals surface area (Å²) >= 11 is 0. The van der Waals surface area contributed by atoms with Crippen LogP contribution in [0.2, 0.25) is 0 Å². The summed E-state index contributed by atoms with van der Waals surface area (Å²) in [6.45, 7) is 3.26. The SMILES string of the molecule is C(OCC1CO1)C1CO1.Oc1ccccc1C(c1ccccc1)(c1ccccc1)c1ccccc1. The van der Waals surface area contributed by atoms with Crippen LogP contribution in [-0.2, 0) is 19.6 Å². The predicted molar refractivity (Wildman–Crippen MR) is 137 cm³/mol. The molecule has 4 heteroatoms. The van der Waals surface area contributed by atoms with Gasteiger partial charge in [-0.25, -0.2) is 0 Å². The van der Waals surface area contributed by atoms with Crippen molar-refractivity contribution in [2.24, 2.45) is 0 Å². The molecule has 1 N–H and O–H groups in total. The standard InChI is InChI=1S/C25H20O.C6H10O3/c26-24-19-11-10-18-23(24)25(20-12-4-1-5-13-20,21-14-6-2-7-15-21)22-16-8-3-9-17-22;1(5-3-8-5)7-2-6-4-9-6/h1-19,26H;5-6H,1-4H2. The summed E-state index contributed by atoms with van der Waals surface area (Å²) in [6, 6.07) is 38.8. The molecule has 6 rings (SSSR count). The maximum Gasteiger partial charge on any atom is 0.120 e. The Morgan fingerprint density at radius 3 is 1.34 bits per heavy atom. The van der Waals surface area contributed by atoms with Crippen molar-refractivity contribution in [3.63, 3.8) is 0 Å². The van der Waals surface area contributed by atoms with Crippen LogP contribution in [0.5, 0.6) is 5.75 Å². The van der Waals surface area contributed by atoms with Crippen molar-refractivity contribution in [2.75, 3.05) is 26.4 Å². The van der Waals surface area contributed by atoms with Crippen molar-refractivity contribution >= 4 is 0 Å². The first-order chi connectivity index (χ1) is 17.3. The molecule has 2 aliphatic heterocycles. The van der Waals surface area contributed by atoms with E-state index in [1.165, 1.54) is 0 Å². The summed E-state index contributed by atoms with van der Waals surface area (Å²) in [5.74, 6) is 0.295. The van der Waals surface area contributed by atoms with Crippen molar-refractivity contribution in [1.82, 2.24) is 0 Å². The molecule has 2 saturated heterocycles. The number of hydrogen-bond acceptors (Lipinski definition) is 4. The Kier molecular flexibility index (Phi) is 7.24. The maximum absolute atomic E-state index is 10.8. The van der Waals surface area contributed by atoms with Gasteiger partial charge in [0.2, 0.25) is 0 Å². The number of phenols is 1. The zero-order chi connectivity index (χ0) is 23.9. The third-order valence-corrected chi connectivity index (χ3v) is 6.34. The lowest BCUT2D eigenvalue weighted by Crippen LogP contribution is -2.31. The van der Waals surface area contributed by atoms with Crippen LogP contribution in [0, 0.1) is 0 Å². The molecule has 2 heterocycles. The van der Waals surface area contributed by atoms with Gasteiger partial charge in [-0.05, 0) is 22.8 Å². The molecule has 0 amide bonds. The first-order valence-corrected chi connectivity index (χ1v) is 12.0. The Morgan fingerprint density at radius 2 is 0.971 bits per heavy atom. The summed E-state index contributed by atoms with van der Waals surface area (Å²) in [4.78, 5) is 0. The molecule has 2 fully saturated rings. The van der Waals surface area contributed by atoms with Crippen LogP contribution in [0.25, 0.3) is 0 Å². The minimum atomic E-state index is -0.588. The van der Waals surface area contributed by atoms with E-state index in [1.54, 1.807) is 6.07 Å².